The van der Waals surface area contributed by atoms with Gasteiger partial charge in [0, 0.05) is 16.6 Å². The Bertz CT molecular complexity index is 438. The van der Waals surface area contributed by atoms with E-state index < -0.39 is 0 Å². The number of nitrogens with one attached hydrogen (secondary N) is 1. The molecule has 18 heavy (non-hydrogen) atoms. The SMILES string of the molecule is CC(CC(=O)Nc1cc(N)ccc1Br)C(C)(C)C. The van der Waals surface area contributed by atoms with Crippen molar-refractivity contribution in [2.75, 3.05) is 11.1 Å². The van der Waals surface area contributed by atoms with Gasteiger partial charge in [0.05, 0.1) is 5.69 Å². The van der Waals surface area contributed by atoms with E-state index in [2.05, 4.69) is 48.9 Å². The van der Waals surface area contributed by atoms with Crippen LogP contribution in [0, 0.1) is 11.3 Å². The third-order valence-electron chi connectivity index (χ3n) is 3.23. The highest BCUT2D eigenvalue weighted by atomic mass is 79.9. The zero-order chi connectivity index (χ0) is 13.9. The molecule has 4 heteroatoms. The second kappa shape index (κ2) is 5.74. The van der Waals surface area contributed by atoms with Crippen LogP contribution in [0.4, 0.5) is 11.4 Å². The number of benzene rings is 1. The molecule has 0 saturated carbocycles. The van der Waals surface area contributed by atoms with Crippen LogP contribution in [0.2, 0.25) is 0 Å². The summed E-state index contributed by atoms with van der Waals surface area (Å²) in [5.41, 5.74) is 7.19. The van der Waals surface area contributed by atoms with Crippen LogP contribution in [0.3, 0.4) is 0 Å². The van der Waals surface area contributed by atoms with Crippen molar-refractivity contribution in [3.05, 3.63) is 22.7 Å². The van der Waals surface area contributed by atoms with Crippen LogP contribution in [0.25, 0.3) is 0 Å². The Balaban J connectivity index is 2.68. The van der Waals surface area contributed by atoms with Crippen molar-refractivity contribution in [2.24, 2.45) is 11.3 Å². The minimum absolute atomic E-state index is 0.0173. The summed E-state index contributed by atoms with van der Waals surface area (Å²) in [5, 5.41) is 2.89. The average molecular weight is 313 g/mol. The monoisotopic (exact) mass is 312 g/mol. The van der Waals surface area contributed by atoms with Gasteiger partial charge in [-0.1, -0.05) is 27.7 Å². The number of nitrogens with two attached hydrogens (primary N) is 1. The number of hydrogen-bond acceptors (Lipinski definition) is 2. The van der Waals surface area contributed by atoms with E-state index >= 15 is 0 Å². The number of hydrogen-bond donors (Lipinski definition) is 2. The fraction of sp³-hybridized carbons (Fsp3) is 0.500. The van der Waals surface area contributed by atoms with Crippen LogP contribution in [0.15, 0.2) is 22.7 Å². The highest BCUT2D eigenvalue weighted by molar-refractivity contribution is 9.10. The highest BCUT2D eigenvalue weighted by Gasteiger charge is 2.22. The van der Waals surface area contributed by atoms with Crippen molar-refractivity contribution >= 4 is 33.2 Å². The Kier molecular flexibility index (Phi) is 4.79. The molecule has 1 rings (SSSR count). The van der Waals surface area contributed by atoms with E-state index in [1.54, 1.807) is 12.1 Å². The largest absolute Gasteiger partial charge is 0.399 e. The van der Waals surface area contributed by atoms with Crippen molar-refractivity contribution in [3.8, 4) is 0 Å². The number of rotatable bonds is 3. The molecule has 3 nitrogen and oxygen atoms in total. The third kappa shape index (κ3) is 4.33. The normalized spacial score (nSPS) is 13.2. The summed E-state index contributed by atoms with van der Waals surface area (Å²) in [4.78, 5) is 12.0. The molecule has 0 aliphatic carbocycles. The number of halogens is 1. The number of anilines is 2. The summed E-state index contributed by atoms with van der Waals surface area (Å²) >= 11 is 3.39. The van der Waals surface area contributed by atoms with Gasteiger partial charge in [-0.05, 0) is 45.5 Å². The molecule has 0 radical (unpaired) electrons. The highest BCUT2D eigenvalue weighted by Crippen LogP contribution is 2.29. The standard InChI is InChI=1S/C14H21BrN2O/c1-9(14(2,3)4)7-13(18)17-12-8-10(16)5-6-11(12)15/h5-6,8-9H,7,16H2,1-4H3,(H,17,18). The molecule has 1 unspecified atom stereocenters. The minimum atomic E-state index is 0.0173. The molecule has 0 saturated heterocycles. The Morgan fingerprint density at radius 3 is 2.61 bits per heavy atom. The molecule has 1 aromatic rings. The Labute approximate surface area is 117 Å². The molecule has 1 amide bonds. The predicted molar refractivity (Wildman–Crippen MR) is 80.4 cm³/mol. The molecule has 0 aliphatic heterocycles. The number of nitrogen functional groups attached to an aromatic ring is 1. The summed E-state index contributed by atoms with van der Waals surface area (Å²) in [6.07, 6.45) is 0.505. The molecular formula is C14H21BrN2O. The summed E-state index contributed by atoms with van der Waals surface area (Å²) in [7, 11) is 0. The van der Waals surface area contributed by atoms with E-state index in [1.807, 2.05) is 6.07 Å². The second-order valence-corrected chi connectivity index (χ2v) is 6.61. The number of carbonyl (C=O) groups excluding carboxylic acids is 1. The maximum Gasteiger partial charge on any atom is 0.224 e. The van der Waals surface area contributed by atoms with Crippen LogP contribution in [-0.2, 0) is 4.79 Å². The number of amides is 1. The molecule has 1 aromatic carbocycles. The predicted octanol–water partition coefficient (Wildman–Crippen LogP) is 4.04. The van der Waals surface area contributed by atoms with E-state index in [9.17, 15) is 4.79 Å². The first-order chi connectivity index (χ1) is 8.20. The maximum atomic E-state index is 12.0. The van der Waals surface area contributed by atoms with Gasteiger partial charge in [0.1, 0.15) is 0 Å². The molecule has 1 atom stereocenters. The first-order valence-corrected chi connectivity index (χ1v) is 6.84. The van der Waals surface area contributed by atoms with Gasteiger partial charge < -0.3 is 11.1 Å². The van der Waals surface area contributed by atoms with Gasteiger partial charge in [0.2, 0.25) is 5.91 Å². The van der Waals surface area contributed by atoms with E-state index in [0.717, 1.165) is 10.2 Å². The van der Waals surface area contributed by atoms with Crippen LogP contribution in [0.1, 0.15) is 34.1 Å². The molecule has 0 aliphatic rings. The molecule has 0 heterocycles. The lowest BCUT2D eigenvalue weighted by Crippen LogP contribution is -2.24. The minimum Gasteiger partial charge on any atom is -0.399 e. The average Bonchev–Trinajstić information content (AvgIpc) is 2.22. The Morgan fingerprint density at radius 2 is 2.06 bits per heavy atom. The third-order valence-corrected chi connectivity index (χ3v) is 3.93. The van der Waals surface area contributed by atoms with Gasteiger partial charge >= 0.3 is 0 Å². The topological polar surface area (TPSA) is 55.1 Å². The molecule has 0 spiro atoms. The van der Waals surface area contributed by atoms with Crippen molar-refractivity contribution in [1.29, 1.82) is 0 Å². The van der Waals surface area contributed by atoms with Crippen molar-refractivity contribution in [3.63, 3.8) is 0 Å². The quantitative estimate of drug-likeness (QED) is 0.827. The van der Waals surface area contributed by atoms with Gasteiger partial charge in [-0.3, -0.25) is 4.79 Å². The van der Waals surface area contributed by atoms with Crippen LogP contribution in [-0.4, -0.2) is 5.91 Å². The first kappa shape index (κ1) is 15.0. The zero-order valence-corrected chi connectivity index (χ0v) is 13.0. The summed E-state index contributed by atoms with van der Waals surface area (Å²) < 4.78 is 0.841. The maximum absolute atomic E-state index is 12.0. The van der Waals surface area contributed by atoms with Crippen LogP contribution >= 0.6 is 15.9 Å². The second-order valence-electron chi connectivity index (χ2n) is 5.76. The fourth-order valence-electron chi connectivity index (χ4n) is 1.42. The molecule has 0 fully saturated rings. The van der Waals surface area contributed by atoms with Crippen LogP contribution < -0.4 is 11.1 Å². The first-order valence-electron chi connectivity index (χ1n) is 6.05. The fourth-order valence-corrected chi connectivity index (χ4v) is 1.77. The molecule has 0 bridgehead atoms. The molecule has 3 N–H and O–H groups in total. The van der Waals surface area contributed by atoms with Gasteiger partial charge in [0.25, 0.3) is 0 Å². The summed E-state index contributed by atoms with van der Waals surface area (Å²) in [6.45, 7) is 8.51. The molecular weight excluding hydrogens is 292 g/mol. The summed E-state index contributed by atoms with van der Waals surface area (Å²) in [5.74, 6) is 0.334. The smallest absolute Gasteiger partial charge is 0.224 e. The number of carbonyl (C=O) groups is 1. The van der Waals surface area contributed by atoms with Gasteiger partial charge in [-0.25, -0.2) is 0 Å². The lowest BCUT2D eigenvalue weighted by molar-refractivity contribution is -0.117. The lowest BCUT2D eigenvalue weighted by Gasteiger charge is -2.26. The summed E-state index contributed by atoms with van der Waals surface area (Å²) in [6, 6.07) is 5.37. The van der Waals surface area contributed by atoms with Crippen molar-refractivity contribution < 1.29 is 4.79 Å². The lowest BCUT2D eigenvalue weighted by atomic mass is 9.80. The van der Waals surface area contributed by atoms with Crippen molar-refractivity contribution in [2.45, 2.75) is 34.1 Å². The Hall–Kier alpha value is -1.03. The molecule has 0 aromatic heterocycles. The van der Waals surface area contributed by atoms with Crippen molar-refractivity contribution in [1.82, 2.24) is 0 Å². The van der Waals surface area contributed by atoms with Crippen LogP contribution in [0.5, 0.6) is 0 Å². The van der Waals surface area contributed by atoms with Gasteiger partial charge in [-0.15, -0.1) is 0 Å². The van der Waals surface area contributed by atoms with E-state index in [-0.39, 0.29) is 11.3 Å². The zero-order valence-electron chi connectivity index (χ0n) is 11.4. The van der Waals surface area contributed by atoms with E-state index in [4.69, 9.17) is 5.73 Å². The van der Waals surface area contributed by atoms with E-state index in [0.29, 0.717) is 18.0 Å². The van der Waals surface area contributed by atoms with E-state index in [1.165, 1.54) is 0 Å². The van der Waals surface area contributed by atoms with Gasteiger partial charge in [0.15, 0.2) is 0 Å². The van der Waals surface area contributed by atoms with Gasteiger partial charge in [-0.2, -0.15) is 0 Å². The molecule has 100 valence electrons. The Morgan fingerprint density at radius 1 is 1.44 bits per heavy atom.